The Balaban J connectivity index is 2.28. The minimum absolute atomic E-state index is 0.113. The third-order valence-corrected chi connectivity index (χ3v) is 5.61. The van der Waals surface area contributed by atoms with Gasteiger partial charge in [-0.1, -0.05) is 68.2 Å². The first-order valence-electron chi connectivity index (χ1n) is 10.4. The van der Waals surface area contributed by atoms with Crippen molar-refractivity contribution in [3.63, 3.8) is 0 Å². The predicted molar refractivity (Wildman–Crippen MR) is 126 cm³/mol. The van der Waals surface area contributed by atoms with Crippen molar-refractivity contribution in [1.82, 2.24) is 10.2 Å². The molecule has 1 atom stereocenters. The molecule has 0 unspecified atom stereocenters. The van der Waals surface area contributed by atoms with Crippen LogP contribution in [0.25, 0.3) is 0 Å². The zero-order valence-corrected chi connectivity index (χ0v) is 20.0. The molecule has 2 amide bonds. The number of rotatable bonds is 10. The summed E-state index contributed by atoms with van der Waals surface area (Å²) in [6, 6.07) is 12.0. The van der Waals surface area contributed by atoms with Crippen molar-refractivity contribution in [1.29, 1.82) is 0 Å². The summed E-state index contributed by atoms with van der Waals surface area (Å²) in [6.07, 6.45) is 0.447. The van der Waals surface area contributed by atoms with Crippen LogP contribution in [0.5, 0.6) is 5.75 Å². The molecule has 1 N–H and O–H groups in total. The van der Waals surface area contributed by atoms with Gasteiger partial charge in [0.15, 0.2) is 6.61 Å². The number of nitrogens with one attached hydrogen (secondary N) is 1. The van der Waals surface area contributed by atoms with Crippen molar-refractivity contribution in [3.8, 4) is 5.75 Å². The summed E-state index contributed by atoms with van der Waals surface area (Å²) in [4.78, 5) is 27.6. The Bertz CT molecular complexity index is 882. The number of hydrogen-bond acceptors (Lipinski definition) is 3. The lowest BCUT2D eigenvalue weighted by molar-refractivity contribution is -0.143. The van der Waals surface area contributed by atoms with E-state index in [1.54, 1.807) is 18.2 Å². The molecule has 0 bridgehead atoms. The molecular weight excluding hydrogens is 435 g/mol. The van der Waals surface area contributed by atoms with Crippen LogP contribution in [0.15, 0.2) is 42.5 Å². The summed E-state index contributed by atoms with van der Waals surface area (Å²) in [7, 11) is 0. The average Bonchev–Trinajstić information content (AvgIpc) is 2.73. The van der Waals surface area contributed by atoms with Gasteiger partial charge in [-0.2, -0.15) is 0 Å². The van der Waals surface area contributed by atoms with Gasteiger partial charge in [0, 0.05) is 28.7 Å². The number of amides is 2. The van der Waals surface area contributed by atoms with E-state index in [9.17, 15) is 9.59 Å². The fraction of sp³-hybridized carbons (Fsp3) is 0.417. The highest BCUT2D eigenvalue weighted by Crippen LogP contribution is 2.27. The maximum Gasteiger partial charge on any atom is 0.261 e. The summed E-state index contributed by atoms with van der Waals surface area (Å²) < 4.78 is 5.76. The van der Waals surface area contributed by atoms with E-state index in [-0.39, 0.29) is 25.0 Å². The Hall–Kier alpha value is -2.24. The van der Waals surface area contributed by atoms with Crippen LogP contribution in [0, 0.1) is 12.8 Å². The number of halogens is 2. The zero-order valence-electron chi connectivity index (χ0n) is 18.5. The summed E-state index contributed by atoms with van der Waals surface area (Å²) in [5.41, 5.74) is 1.53. The molecule has 0 radical (unpaired) electrons. The summed E-state index contributed by atoms with van der Waals surface area (Å²) >= 11 is 12.7. The van der Waals surface area contributed by atoms with E-state index in [0.29, 0.717) is 40.2 Å². The molecule has 0 heterocycles. The minimum atomic E-state index is -0.668. The number of carbonyl (C=O) groups is 2. The van der Waals surface area contributed by atoms with Crippen molar-refractivity contribution < 1.29 is 14.3 Å². The Labute approximate surface area is 194 Å². The zero-order chi connectivity index (χ0) is 23.0. The van der Waals surface area contributed by atoms with Gasteiger partial charge in [0.05, 0.1) is 0 Å². The molecule has 168 valence electrons. The molecule has 0 spiro atoms. The summed E-state index contributed by atoms with van der Waals surface area (Å²) in [6.45, 7) is 8.27. The Morgan fingerprint density at radius 3 is 2.29 bits per heavy atom. The number of carbonyl (C=O) groups excluding carboxylic acids is 2. The Morgan fingerprint density at radius 2 is 1.71 bits per heavy atom. The van der Waals surface area contributed by atoms with E-state index < -0.39 is 6.04 Å². The lowest BCUT2D eigenvalue weighted by atomic mass is 10.1. The first-order chi connectivity index (χ1) is 14.7. The van der Waals surface area contributed by atoms with Crippen LogP contribution in [0.4, 0.5) is 0 Å². The number of nitrogens with zero attached hydrogens (tertiary/aromatic N) is 1. The van der Waals surface area contributed by atoms with Crippen LogP contribution in [0.2, 0.25) is 10.0 Å². The molecule has 31 heavy (non-hydrogen) atoms. The van der Waals surface area contributed by atoms with Gasteiger partial charge >= 0.3 is 0 Å². The normalized spacial score (nSPS) is 11.8. The SMILES string of the molecule is CC[C@H](C(=O)NCC(C)C)N(Cc1c(Cl)cccc1Cl)C(=O)COc1ccccc1C. The van der Waals surface area contributed by atoms with Crippen molar-refractivity contribution in [2.24, 2.45) is 5.92 Å². The second-order valence-corrected chi connectivity index (χ2v) is 8.65. The van der Waals surface area contributed by atoms with Gasteiger partial charge in [-0.15, -0.1) is 0 Å². The summed E-state index contributed by atoms with van der Waals surface area (Å²) in [5, 5.41) is 3.82. The highest BCUT2D eigenvalue weighted by atomic mass is 35.5. The van der Waals surface area contributed by atoms with Crippen molar-refractivity contribution in [2.45, 2.75) is 46.7 Å². The lowest BCUT2D eigenvalue weighted by Crippen LogP contribution is -2.50. The van der Waals surface area contributed by atoms with Crippen molar-refractivity contribution in [3.05, 3.63) is 63.6 Å². The number of benzene rings is 2. The molecular formula is C24H30Cl2N2O3. The highest BCUT2D eigenvalue weighted by Gasteiger charge is 2.30. The van der Waals surface area contributed by atoms with Gasteiger partial charge in [0.1, 0.15) is 11.8 Å². The fourth-order valence-corrected chi connectivity index (χ4v) is 3.65. The topological polar surface area (TPSA) is 58.6 Å². The van der Waals surface area contributed by atoms with Crippen molar-refractivity contribution in [2.75, 3.05) is 13.2 Å². The third kappa shape index (κ3) is 7.15. The molecule has 0 saturated carbocycles. The molecule has 2 aromatic carbocycles. The molecule has 7 heteroatoms. The van der Waals surface area contributed by atoms with E-state index >= 15 is 0 Å². The first kappa shape index (κ1) is 25.0. The standard InChI is InChI=1S/C24H30Cl2N2O3/c1-5-21(24(30)27-13-16(2)3)28(14-18-19(25)10-8-11-20(18)26)23(29)15-31-22-12-7-6-9-17(22)4/h6-12,16,21H,5,13-15H2,1-4H3,(H,27,30)/t21-/m1/s1. The lowest BCUT2D eigenvalue weighted by Gasteiger charge is -2.31. The molecule has 2 aromatic rings. The Morgan fingerprint density at radius 1 is 1.06 bits per heavy atom. The second-order valence-electron chi connectivity index (χ2n) is 7.84. The first-order valence-corrected chi connectivity index (χ1v) is 11.2. The van der Waals surface area contributed by atoms with Gasteiger partial charge in [0.25, 0.3) is 5.91 Å². The van der Waals surface area contributed by atoms with Crippen LogP contribution >= 0.6 is 23.2 Å². The maximum atomic E-state index is 13.2. The highest BCUT2D eigenvalue weighted by molar-refractivity contribution is 6.36. The number of para-hydroxylation sites is 1. The molecule has 0 saturated heterocycles. The monoisotopic (exact) mass is 464 g/mol. The van der Waals surface area contributed by atoms with Crippen LogP contribution in [0.3, 0.4) is 0 Å². The van der Waals surface area contributed by atoms with Gasteiger partial charge in [0.2, 0.25) is 5.91 Å². The van der Waals surface area contributed by atoms with Crippen LogP contribution in [0.1, 0.15) is 38.3 Å². The smallest absolute Gasteiger partial charge is 0.261 e. The average molecular weight is 465 g/mol. The molecule has 0 aliphatic carbocycles. The van der Waals surface area contributed by atoms with Crippen molar-refractivity contribution >= 4 is 35.0 Å². The minimum Gasteiger partial charge on any atom is -0.484 e. The summed E-state index contributed by atoms with van der Waals surface area (Å²) in [5.74, 6) is 0.409. The maximum absolute atomic E-state index is 13.2. The van der Waals surface area contributed by atoms with E-state index in [4.69, 9.17) is 27.9 Å². The molecule has 2 rings (SSSR count). The predicted octanol–water partition coefficient (Wildman–Crippen LogP) is 5.26. The van der Waals surface area contributed by atoms with Crippen LogP contribution < -0.4 is 10.1 Å². The molecule has 0 fully saturated rings. The van der Waals surface area contributed by atoms with E-state index in [1.807, 2.05) is 52.0 Å². The van der Waals surface area contributed by atoms with Gasteiger partial charge in [-0.25, -0.2) is 0 Å². The van der Waals surface area contributed by atoms with Gasteiger partial charge in [-0.05, 0) is 43.0 Å². The van der Waals surface area contributed by atoms with E-state index in [1.165, 1.54) is 4.90 Å². The van der Waals surface area contributed by atoms with E-state index in [2.05, 4.69) is 5.32 Å². The third-order valence-electron chi connectivity index (χ3n) is 4.91. The fourth-order valence-electron chi connectivity index (χ4n) is 3.14. The van der Waals surface area contributed by atoms with Crippen LogP contribution in [-0.2, 0) is 16.1 Å². The van der Waals surface area contributed by atoms with Gasteiger partial charge < -0.3 is 15.0 Å². The number of hydrogen-bond donors (Lipinski definition) is 1. The Kier molecular flexibility index (Phi) is 9.66. The molecule has 5 nitrogen and oxygen atoms in total. The molecule has 0 aliphatic heterocycles. The molecule has 0 aliphatic rings. The van der Waals surface area contributed by atoms with Crippen LogP contribution in [-0.4, -0.2) is 35.9 Å². The molecule has 0 aromatic heterocycles. The largest absolute Gasteiger partial charge is 0.484 e. The number of ether oxygens (including phenoxy) is 1. The second kappa shape index (κ2) is 12.0. The quantitative estimate of drug-likeness (QED) is 0.521. The van der Waals surface area contributed by atoms with E-state index in [0.717, 1.165) is 5.56 Å². The number of aryl methyl sites for hydroxylation is 1. The van der Waals surface area contributed by atoms with Gasteiger partial charge in [-0.3, -0.25) is 9.59 Å².